The summed E-state index contributed by atoms with van der Waals surface area (Å²) in [5, 5.41) is 0.584. The molecule has 6 nitrogen and oxygen atoms in total. The molecule has 0 fully saturated rings. The second-order valence-corrected chi connectivity index (χ2v) is 8.02. The largest absolute Gasteiger partial charge is 0.455 e. The number of nitrogens with two attached hydrogens (primary N) is 2. The molecule has 0 unspecified atom stereocenters. The monoisotopic (exact) mass is 380 g/mol. The predicted octanol–water partition coefficient (Wildman–Crippen LogP) is 3.27. The van der Waals surface area contributed by atoms with Gasteiger partial charge in [-0.05, 0) is 42.7 Å². The van der Waals surface area contributed by atoms with Gasteiger partial charge in [-0.3, -0.25) is 4.98 Å². The molecule has 1 aromatic carbocycles. The van der Waals surface area contributed by atoms with Gasteiger partial charge in [0.1, 0.15) is 11.3 Å². The average molecular weight is 380 g/mol. The van der Waals surface area contributed by atoms with E-state index in [4.69, 9.17) is 25.9 Å². The molecule has 27 heavy (non-hydrogen) atoms. The SMILES string of the molecule is NC1=N[C@@]2(CCS1)c1cc(N)ccc1Oc1cnc(C3=CCCOC3)cc12. The van der Waals surface area contributed by atoms with Gasteiger partial charge < -0.3 is 20.9 Å². The summed E-state index contributed by atoms with van der Waals surface area (Å²) in [6.07, 6.45) is 5.70. The Balaban J connectivity index is 1.73. The van der Waals surface area contributed by atoms with Crippen LogP contribution in [-0.4, -0.2) is 29.1 Å². The molecular weight excluding hydrogens is 360 g/mol. The van der Waals surface area contributed by atoms with Crippen molar-refractivity contribution in [2.24, 2.45) is 10.7 Å². The van der Waals surface area contributed by atoms with Crippen molar-refractivity contribution >= 4 is 28.2 Å². The Morgan fingerprint density at radius 2 is 2.00 bits per heavy atom. The minimum atomic E-state index is -0.596. The predicted molar refractivity (Wildman–Crippen MR) is 108 cm³/mol. The highest BCUT2D eigenvalue weighted by molar-refractivity contribution is 8.13. The van der Waals surface area contributed by atoms with Crippen molar-refractivity contribution in [3.8, 4) is 11.5 Å². The van der Waals surface area contributed by atoms with E-state index >= 15 is 0 Å². The lowest BCUT2D eigenvalue weighted by molar-refractivity contribution is 0.164. The van der Waals surface area contributed by atoms with Crippen molar-refractivity contribution in [2.45, 2.75) is 18.4 Å². The molecule has 2 aromatic rings. The molecule has 3 aliphatic heterocycles. The molecule has 0 radical (unpaired) electrons. The number of thioether (sulfide) groups is 1. The summed E-state index contributed by atoms with van der Waals surface area (Å²) in [7, 11) is 0. The summed E-state index contributed by atoms with van der Waals surface area (Å²) in [6.45, 7) is 1.33. The molecule has 7 heteroatoms. The lowest BCUT2D eigenvalue weighted by Crippen LogP contribution is -2.35. The Kier molecular flexibility index (Phi) is 3.87. The molecule has 5 rings (SSSR count). The van der Waals surface area contributed by atoms with Crippen LogP contribution in [0.2, 0.25) is 0 Å². The third-order valence-corrected chi connectivity index (χ3v) is 6.03. The fraction of sp³-hybridized carbons (Fsp3) is 0.300. The van der Waals surface area contributed by atoms with E-state index in [2.05, 4.69) is 17.1 Å². The number of aliphatic imine (C=N–C) groups is 1. The Labute approximate surface area is 161 Å². The number of pyridine rings is 1. The van der Waals surface area contributed by atoms with Crippen LogP contribution in [0, 0.1) is 0 Å². The third-order valence-electron chi connectivity index (χ3n) is 5.24. The van der Waals surface area contributed by atoms with E-state index < -0.39 is 5.54 Å². The van der Waals surface area contributed by atoms with Crippen LogP contribution >= 0.6 is 11.8 Å². The van der Waals surface area contributed by atoms with Gasteiger partial charge in [-0.15, -0.1) is 0 Å². The first-order valence-corrected chi connectivity index (χ1v) is 9.98. The molecular formula is C20H20N4O2S. The Morgan fingerprint density at radius 1 is 1.11 bits per heavy atom. The van der Waals surface area contributed by atoms with Crippen molar-refractivity contribution in [1.82, 2.24) is 4.98 Å². The molecule has 138 valence electrons. The molecule has 0 saturated heterocycles. The first-order chi connectivity index (χ1) is 13.2. The third kappa shape index (κ3) is 2.69. The quantitative estimate of drug-likeness (QED) is 0.737. The Bertz CT molecular complexity index is 988. The molecule has 1 aromatic heterocycles. The second kappa shape index (κ2) is 6.28. The molecule has 0 aliphatic carbocycles. The fourth-order valence-corrected chi connectivity index (χ4v) is 4.78. The zero-order chi connectivity index (χ0) is 18.4. The highest BCUT2D eigenvalue weighted by Gasteiger charge is 2.44. The fourth-order valence-electron chi connectivity index (χ4n) is 3.95. The molecule has 4 N–H and O–H groups in total. The zero-order valence-electron chi connectivity index (χ0n) is 14.8. The number of ether oxygens (including phenoxy) is 2. The Hall–Kier alpha value is -2.51. The number of rotatable bonds is 1. The molecule has 1 atom stereocenters. The van der Waals surface area contributed by atoms with Gasteiger partial charge >= 0.3 is 0 Å². The number of anilines is 1. The van der Waals surface area contributed by atoms with Gasteiger partial charge in [-0.25, -0.2) is 4.99 Å². The lowest BCUT2D eigenvalue weighted by Gasteiger charge is -2.39. The first-order valence-electron chi connectivity index (χ1n) is 8.99. The van der Waals surface area contributed by atoms with Crippen LogP contribution in [0.15, 0.2) is 41.5 Å². The van der Waals surface area contributed by atoms with E-state index in [1.807, 2.05) is 18.2 Å². The number of hydrogen-bond acceptors (Lipinski definition) is 7. The van der Waals surface area contributed by atoms with Crippen molar-refractivity contribution in [2.75, 3.05) is 24.7 Å². The maximum absolute atomic E-state index is 6.17. The molecule has 0 saturated carbocycles. The highest BCUT2D eigenvalue weighted by Crippen LogP contribution is 2.53. The van der Waals surface area contributed by atoms with Crippen LogP contribution in [0.3, 0.4) is 0 Å². The lowest BCUT2D eigenvalue weighted by atomic mass is 9.78. The highest BCUT2D eigenvalue weighted by atomic mass is 32.2. The van der Waals surface area contributed by atoms with Crippen molar-refractivity contribution in [3.05, 3.63) is 53.4 Å². The van der Waals surface area contributed by atoms with E-state index in [-0.39, 0.29) is 0 Å². The first kappa shape index (κ1) is 16.6. The number of nitrogens with zero attached hydrogens (tertiary/aromatic N) is 2. The van der Waals surface area contributed by atoms with Gasteiger partial charge in [0.2, 0.25) is 0 Å². The summed E-state index contributed by atoms with van der Waals surface area (Å²) < 4.78 is 11.8. The number of hydrogen-bond donors (Lipinski definition) is 2. The number of benzene rings is 1. The minimum absolute atomic E-state index is 0.574. The van der Waals surface area contributed by atoms with E-state index in [0.29, 0.717) is 17.5 Å². The van der Waals surface area contributed by atoms with Gasteiger partial charge in [-0.1, -0.05) is 17.8 Å². The average Bonchev–Trinajstić information content (AvgIpc) is 2.69. The van der Waals surface area contributed by atoms with Crippen molar-refractivity contribution in [1.29, 1.82) is 0 Å². The van der Waals surface area contributed by atoms with Crippen LogP contribution < -0.4 is 16.2 Å². The molecule has 0 bridgehead atoms. The Morgan fingerprint density at radius 3 is 2.81 bits per heavy atom. The van der Waals surface area contributed by atoms with Crippen molar-refractivity contribution in [3.63, 3.8) is 0 Å². The maximum Gasteiger partial charge on any atom is 0.155 e. The van der Waals surface area contributed by atoms with Gasteiger partial charge in [0.25, 0.3) is 0 Å². The van der Waals surface area contributed by atoms with Gasteiger partial charge in [0.05, 0.1) is 25.1 Å². The number of amidine groups is 1. The van der Waals surface area contributed by atoms with E-state index in [9.17, 15) is 0 Å². The van der Waals surface area contributed by atoms with E-state index in [0.717, 1.165) is 59.1 Å². The van der Waals surface area contributed by atoms with E-state index in [1.54, 1.807) is 18.0 Å². The summed E-state index contributed by atoms with van der Waals surface area (Å²) >= 11 is 1.58. The number of nitrogen functional groups attached to an aromatic ring is 1. The van der Waals surface area contributed by atoms with Crippen LogP contribution in [0.5, 0.6) is 11.5 Å². The summed E-state index contributed by atoms with van der Waals surface area (Å²) in [4.78, 5) is 9.55. The second-order valence-electron chi connectivity index (χ2n) is 6.90. The smallest absolute Gasteiger partial charge is 0.155 e. The molecule has 4 heterocycles. The normalized spacial score (nSPS) is 23.7. The van der Waals surface area contributed by atoms with Gasteiger partial charge in [-0.2, -0.15) is 0 Å². The van der Waals surface area contributed by atoms with Gasteiger partial charge in [0, 0.05) is 22.6 Å². The number of aromatic nitrogens is 1. The van der Waals surface area contributed by atoms with Gasteiger partial charge in [0.15, 0.2) is 10.9 Å². The summed E-state index contributed by atoms with van der Waals surface area (Å²) in [5.74, 6) is 2.36. The standard InChI is InChI=1S/C20H20N4O2S/c21-13-3-4-17-14(8-13)20(5-7-27-19(22)24-20)15-9-16(23-10-18(15)26-17)12-2-1-6-25-11-12/h2-4,8-10H,1,5-7,11,21H2,(H2,22,24)/t20-/m0/s1. The summed E-state index contributed by atoms with van der Waals surface area (Å²) in [6, 6.07) is 7.77. The zero-order valence-corrected chi connectivity index (χ0v) is 15.6. The molecule has 1 spiro atoms. The summed E-state index contributed by atoms with van der Waals surface area (Å²) in [5.41, 5.74) is 16.3. The number of fused-ring (bicyclic) bond motifs is 4. The molecule has 0 amide bonds. The van der Waals surface area contributed by atoms with Crippen LogP contribution in [0.25, 0.3) is 5.57 Å². The van der Waals surface area contributed by atoms with Crippen molar-refractivity contribution < 1.29 is 9.47 Å². The van der Waals surface area contributed by atoms with Crippen LogP contribution in [0.1, 0.15) is 29.7 Å². The van der Waals surface area contributed by atoms with Crippen LogP contribution in [0.4, 0.5) is 5.69 Å². The van der Waals surface area contributed by atoms with Crippen LogP contribution in [-0.2, 0) is 10.3 Å². The molecule has 3 aliphatic rings. The minimum Gasteiger partial charge on any atom is -0.455 e. The topological polar surface area (TPSA) is 95.8 Å². The van der Waals surface area contributed by atoms with E-state index in [1.165, 1.54) is 0 Å². The maximum atomic E-state index is 6.17.